The third-order valence-electron chi connectivity index (χ3n) is 3.40. The number of oxime groups is 1. The van der Waals surface area contributed by atoms with E-state index in [2.05, 4.69) is 41.0 Å². The molecule has 18 heteroatoms. The molecule has 0 amide bonds. The number of nitrogens with one attached hydrogen (secondary N) is 3. The summed E-state index contributed by atoms with van der Waals surface area (Å²) in [7, 11) is 1.53. The first kappa shape index (κ1) is 27.5. The number of benzene rings is 1. The number of carboxylic acid groups (broad SMARTS) is 1. The minimum Gasteiger partial charge on any atom is -0.475 e. The maximum Gasteiger partial charge on any atom is 0.490 e. The Hall–Kier alpha value is -4.56. The van der Waals surface area contributed by atoms with Gasteiger partial charge in [-0.15, -0.1) is 4.99 Å². The quantitative estimate of drug-likeness (QED) is 0.105. The molecular weight excluding hydrogens is 482 g/mol. The summed E-state index contributed by atoms with van der Waals surface area (Å²) in [6.07, 6.45) is -8.03. The lowest BCUT2D eigenvalue weighted by Crippen LogP contribution is -2.34. The molecule has 12 nitrogen and oxygen atoms in total. The topological polar surface area (TPSA) is 181 Å². The summed E-state index contributed by atoms with van der Waals surface area (Å²) in [6.45, 7) is -0.0243. The summed E-state index contributed by atoms with van der Waals surface area (Å²) in [4.78, 5) is 12.4. The first-order valence-corrected chi connectivity index (χ1v) is 8.50. The van der Waals surface area contributed by atoms with Crippen molar-refractivity contribution in [2.24, 2.45) is 10.1 Å². The number of rotatable bonds is 4. The predicted molar refractivity (Wildman–Crippen MR) is 100 cm³/mol. The van der Waals surface area contributed by atoms with Crippen molar-refractivity contribution in [2.45, 2.75) is 18.9 Å². The van der Waals surface area contributed by atoms with Crippen molar-refractivity contribution in [3.63, 3.8) is 0 Å². The number of aliphatic imine (C=N–C) groups is 1. The van der Waals surface area contributed by atoms with E-state index in [1.165, 1.54) is 19.2 Å². The third-order valence-corrected chi connectivity index (χ3v) is 3.40. The van der Waals surface area contributed by atoms with E-state index in [1.807, 2.05) is 0 Å². The molecule has 0 aliphatic heterocycles. The molecule has 0 bridgehead atoms. The van der Waals surface area contributed by atoms with Gasteiger partial charge in [-0.2, -0.15) is 31.6 Å². The molecule has 34 heavy (non-hydrogen) atoms. The summed E-state index contributed by atoms with van der Waals surface area (Å²) in [5.41, 5.74) is -0.754. The predicted octanol–water partition coefficient (Wildman–Crippen LogP) is 2.12. The molecule has 0 radical (unpaired) electrons. The van der Waals surface area contributed by atoms with E-state index in [0.29, 0.717) is 0 Å². The number of aromatic nitrogens is 2. The number of carbonyl (C=O) groups is 1. The summed E-state index contributed by atoms with van der Waals surface area (Å²) in [5, 5.41) is 43.0. The maximum absolute atomic E-state index is 12.8. The molecule has 1 aromatic heterocycles. The average molecular weight is 496 g/mol. The van der Waals surface area contributed by atoms with E-state index in [4.69, 9.17) is 15.2 Å². The summed E-state index contributed by atoms with van der Waals surface area (Å²) in [5.74, 6) is -2.90. The highest BCUT2D eigenvalue weighted by molar-refractivity contribution is 6.07. The fourth-order valence-electron chi connectivity index (χ4n) is 1.95. The van der Waals surface area contributed by atoms with Crippen molar-refractivity contribution in [2.75, 3.05) is 12.4 Å². The Bertz CT molecular complexity index is 1070. The molecule has 0 saturated heterocycles. The normalized spacial score (nSPS) is 12.2. The molecule has 0 aliphatic rings. The fraction of sp³-hybridized carbons (Fsp3) is 0.250. The lowest BCUT2D eigenvalue weighted by atomic mass is 10.2. The van der Waals surface area contributed by atoms with Crippen molar-refractivity contribution in [3.05, 3.63) is 41.2 Å². The molecular formula is C16H14F6N8O4. The molecule has 1 heterocycles. The first-order valence-electron chi connectivity index (χ1n) is 8.50. The van der Waals surface area contributed by atoms with Crippen LogP contribution in [0.3, 0.4) is 0 Å². The van der Waals surface area contributed by atoms with Crippen LogP contribution in [0.4, 0.5) is 32.0 Å². The highest BCUT2D eigenvalue weighted by atomic mass is 19.4. The molecule has 0 saturated carbocycles. The largest absolute Gasteiger partial charge is 0.490 e. The van der Waals surface area contributed by atoms with Crippen LogP contribution in [0.25, 0.3) is 0 Å². The number of nitriles is 1. The number of aliphatic carboxylic acids is 1. The Labute approximate surface area is 185 Å². The SMILES string of the molecule is CN/C(=N\C#N)NCc1nonc1/C(=N/O)Nc1cccc(C(F)(F)F)c1.O=C(O)C(F)(F)F. The molecule has 1 aromatic carbocycles. The molecule has 184 valence electrons. The van der Waals surface area contributed by atoms with Gasteiger partial charge in [0, 0.05) is 12.7 Å². The van der Waals surface area contributed by atoms with E-state index in [9.17, 15) is 31.5 Å². The maximum atomic E-state index is 12.8. The molecule has 0 spiro atoms. The third kappa shape index (κ3) is 8.52. The van der Waals surface area contributed by atoms with E-state index in [0.717, 1.165) is 12.1 Å². The lowest BCUT2D eigenvalue weighted by molar-refractivity contribution is -0.192. The smallest absolute Gasteiger partial charge is 0.475 e. The van der Waals surface area contributed by atoms with Crippen LogP contribution in [-0.2, 0) is 17.5 Å². The molecule has 0 aliphatic carbocycles. The molecule has 5 N–H and O–H groups in total. The minimum absolute atomic E-state index is 0.0153. The summed E-state index contributed by atoms with van der Waals surface area (Å²) in [6, 6.07) is 4.29. The monoisotopic (exact) mass is 496 g/mol. The zero-order valence-corrected chi connectivity index (χ0v) is 16.7. The van der Waals surface area contributed by atoms with Gasteiger partial charge in [0.15, 0.2) is 5.69 Å². The summed E-state index contributed by atoms with van der Waals surface area (Å²) < 4.78 is 74.7. The number of amidine groups is 1. The van der Waals surface area contributed by atoms with Gasteiger partial charge >= 0.3 is 18.3 Å². The van der Waals surface area contributed by atoms with Crippen LogP contribution < -0.4 is 16.0 Å². The van der Waals surface area contributed by atoms with Gasteiger partial charge in [-0.3, -0.25) is 0 Å². The van der Waals surface area contributed by atoms with Gasteiger partial charge < -0.3 is 26.3 Å². The minimum atomic E-state index is -5.08. The van der Waals surface area contributed by atoms with Crippen molar-refractivity contribution in [3.8, 4) is 6.19 Å². The number of alkyl halides is 6. The van der Waals surface area contributed by atoms with Gasteiger partial charge in [-0.05, 0) is 23.4 Å². The highest BCUT2D eigenvalue weighted by Gasteiger charge is 2.38. The summed E-state index contributed by atoms with van der Waals surface area (Å²) >= 11 is 0. The van der Waals surface area contributed by atoms with Crippen molar-refractivity contribution < 1.29 is 46.1 Å². The Morgan fingerprint density at radius 3 is 2.38 bits per heavy atom. The van der Waals surface area contributed by atoms with Crippen molar-refractivity contribution in [1.29, 1.82) is 5.26 Å². The Kier molecular flexibility index (Phi) is 9.61. The van der Waals surface area contributed by atoms with Crippen LogP contribution in [0.5, 0.6) is 0 Å². The van der Waals surface area contributed by atoms with E-state index in [-0.39, 0.29) is 35.4 Å². The van der Waals surface area contributed by atoms with Crippen molar-refractivity contribution in [1.82, 2.24) is 20.9 Å². The molecule has 0 fully saturated rings. The molecule has 2 aromatic rings. The number of halogens is 6. The number of carboxylic acids is 1. The zero-order chi connectivity index (χ0) is 25.9. The van der Waals surface area contributed by atoms with E-state index >= 15 is 0 Å². The number of hydrogen-bond acceptors (Lipinski definition) is 8. The Balaban J connectivity index is 0.000000718. The van der Waals surface area contributed by atoms with Crippen LogP contribution in [0.2, 0.25) is 0 Å². The van der Waals surface area contributed by atoms with Crippen LogP contribution in [0, 0.1) is 11.5 Å². The second-order valence-electron chi connectivity index (χ2n) is 5.68. The van der Waals surface area contributed by atoms with Gasteiger partial charge in [0.2, 0.25) is 18.0 Å². The van der Waals surface area contributed by atoms with Crippen molar-refractivity contribution >= 4 is 23.5 Å². The van der Waals surface area contributed by atoms with Gasteiger partial charge in [0.1, 0.15) is 5.69 Å². The average Bonchev–Trinajstić information content (AvgIpc) is 3.22. The van der Waals surface area contributed by atoms with Gasteiger partial charge in [-0.1, -0.05) is 16.4 Å². The van der Waals surface area contributed by atoms with Crippen LogP contribution in [0.1, 0.15) is 17.0 Å². The number of guanidine groups is 1. The Morgan fingerprint density at radius 1 is 1.24 bits per heavy atom. The second-order valence-corrected chi connectivity index (χ2v) is 5.68. The Morgan fingerprint density at radius 2 is 1.88 bits per heavy atom. The van der Waals surface area contributed by atoms with Crippen LogP contribution >= 0.6 is 0 Å². The molecule has 0 atom stereocenters. The van der Waals surface area contributed by atoms with Crippen LogP contribution in [-0.4, -0.2) is 51.6 Å². The van der Waals surface area contributed by atoms with E-state index in [1.54, 1.807) is 6.19 Å². The first-order chi connectivity index (χ1) is 15.8. The fourth-order valence-corrected chi connectivity index (χ4v) is 1.95. The van der Waals surface area contributed by atoms with E-state index < -0.39 is 23.9 Å². The number of anilines is 1. The second kappa shape index (κ2) is 11.9. The van der Waals surface area contributed by atoms with Crippen LogP contribution in [0.15, 0.2) is 39.0 Å². The van der Waals surface area contributed by atoms with Gasteiger partial charge in [-0.25, -0.2) is 9.42 Å². The molecule has 0 unspecified atom stereocenters. The lowest BCUT2D eigenvalue weighted by Gasteiger charge is -2.11. The molecule has 2 rings (SSSR count). The van der Waals surface area contributed by atoms with Gasteiger partial charge in [0.05, 0.1) is 12.1 Å². The number of nitrogens with zero attached hydrogens (tertiary/aromatic N) is 5. The van der Waals surface area contributed by atoms with Gasteiger partial charge in [0.25, 0.3) is 0 Å². The highest BCUT2D eigenvalue weighted by Crippen LogP contribution is 2.30. The zero-order valence-electron chi connectivity index (χ0n) is 16.7. The standard InChI is InChI=1S/C14H13F3N8O2.C2HF3O2/c1-19-13(21-7-18)20-6-10-11(25-27-24-10)12(23-26)22-9-4-2-3-8(5-9)14(15,16)17;3-2(4,5)1(6)7/h2-5,26H,6H2,1H3,(H,22,23)(H2,19,20,21);(H,6,7). The number of hydrogen-bond donors (Lipinski definition) is 5.